The van der Waals surface area contributed by atoms with Crippen molar-refractivity contribution in [2.45, 2.75) is 33.2 Å². The van der Waals surface area contributed by atoms with E-state index < -0.39 is 0 Å². The van der Waals surface area contributed by atoms with E-state index in [2.05, 4.69) is 56.2 Å². The first kappa shape index (κ1) is 9.19. The zero-order valence-corrected chi connectivity index (χ0v) is 9.07. The van der Waals surface area contributed by atoms with E-state index >= 15 is 0 Å². The minimum absolute atomic E-state index is 0.00991. The second kappa shape index (κ2) is 2.80. The third-order valence-electron chi connectivity index (χ3n) is 2.24. The van der Waals surface area contributed by atoms with Crippen LogP contribution < -0.4 is 0 Å². The first-order valence-corrected chi connectivity index (χ1v) is 4.81. The first-order valence-electron chi connectivity index (χ1n) is 4.81. The number of benzene rings is 1. The number of fused-ring (bicyclic) bond motifs is 1. The van der Waals surface area contributed by atoms with Crippen molar-refractivity contribution < 1.29 is 0 Å². The molecule has 1 aromatic heterocycles. The fourth-order valence-corrected chi connectivity index (χ4v) is 1.53. The van der Waals surface area contributed by atoms with Gasteiger partial charge < -0.3 is 0 Å². The number of hydrogen-bond acceptors (Lipinski definition) is 2. The van der Waals surface area contributed by atoms with E-state index in [-0.39, 0.29) is 5.54 Å². The molecule has 0 aliphatic carbocycles. The van der Waals surface area contributed by atoms with Gasteiger partial charge in [-0.25, -0.2) is 4.68 Å². The van der Waals surface area contributed by atoms with Crippen LogP contribution in [-0.4, -0.2) is 15.0 Å². The zero-order chi connectivity index (χ0) is 10.3. The Labute approximate surface area is 83.7 Å². The van der Waals surface area contributed by atoms with Crippen LogP contribution in [0.4, 0.5) is 0 Å². The van der Waals surface area contributed by atoms with E-state index in [0.29, 0.717) is 0 Å². The summed E-state index contributed by atoms with van der Waals surface area (Å²) in [6, 6.07) is 6.23. The molecule has 0 radical (unpaired) electrons. The van der Waals surface area contributed by atoms with Gasteiger partial charge in [-0.15, -0.1) is 5.10 Å². The van der Waals surface area contributed by atoms with Crippen molar-refractivity contribution in [2.75, 3.05) is 0 Å². The molecule has 3 nitrogen and oxygen atoms in total. The second-order valence-corrected chi connectivity index (χ2v) is 4.66. The Morgan fingerprint density at radius 3 is 2.57 bits per heavy atom. The van der Waals surface area contributed by atoms with Crippen LogP contribution in [0.25, 0.3) is 11.0 Å². The summed E-state index contributed by atoms with van der Waals surface area (Å²) < 4.78 is 1.96. The molecule has 14 heavy (non-hydrogen) atoms. The quantitative estimate of drug-likeness (QED) is 0.637. The fourth-order valence-electron chi connectivity index (χ4n) is 1.53. The SMILES string of the molecule is Cc1ccc2c(c1)nnn2C(C)(C)C. The van der Waals surface area contributed by atoms with Gasteiger partial charge in [-0.2, -0.15) is 0 Å². The van der Waals surface area contributed by atoms with Gasteiger partial charge in [-0.3, -0.25) is 0 Å². The smallest absolute Gasteiger partial charge is 0.113 e. The highest BCUT2D eigenvalue weighted by Gasteiger charge is 2.17. The van der Waals surface area contributed by atoms with Crippen molar-refractivity contribution in [3.63, 3.8) is 0 Å². The lowest BCUT2D eigenvalue weighted by Gasteiger charge is -2.19. The van der Waals surface area contributed by atoms with E-state index in [1.807, 2.05) is 4.68 Å². The largest absolute Gasteiger partial charge is 0.239 e. The lowest BCUT2D eigenvalue weighted by Crippen LogP contribution is -2.22. The van der Waals surface area contributed by atoms with Crippen molar-refractivity contribution in [2.24, 2.45) is 0 Å². The van der Waals surface area contributed by atoms with Crippen LogP contribution in [0.15, 0.2) is 18.2 Å². The van der Waals surface area contributed by atoms with E-state index in [1.54, 1.807) is 0 Å². The molecule has 1 aromatic carbocycles. The molecule has 0 atom stereocenters. The summed E-state index contributed by atoms with van der Waals surface area (Å²) in [5.74, 6) is 0. The maximum atomic E-state index is 4.17. The Balaban J connectivity index is 2.70. The van der Waals surface area contributed by atoms with E-state index in [4.69, 9.17) is 0 Å². The molecule has 74 valence electrons. The molecule has 0 saturated heterocycles. The lowest BCUT2D eigenvalue weighted by molar-refractivity contribution is 0.358. The van der Waals surface area contributed by atoms with Crippen LogP contribution in [-0.2, 0) is 5.54 Å². The Morgan fingerprint density at radius 1 is 1.21 bits per heavy atom. The Hall–Kier alpha value is -1.38. The minimum atomic E-state index is -0.00991. The normalized spacial score (nSPS) is 12.3. The highest BCUT2D eigenvalue weighted by molar-refractivity contribution is 5.75. The summed E-state index contributed by atoms with van der Waals surface area (Å²) in [4.78, 5) is 0. The van der Waals surface area contributed by atoms with Crippen LogP contribution in [0.5, 0.6) is 0 Å². The van der Waals surface area contributed by atoms with E-state index in [0.717, 1.165) is 11.0 Å². The number of rotatable bonds is 0. The van der Waals surface area contributed by atoms with Gasteiger partial charge in [0.05, 0.1) is 11.1 Å². The van der Waals surface area contributed by atoms with Crippen molar-refractivity contribution in [1.82, 2.24) is 15.0 Å². The van der Waals surface area contributed by atoms with Crippen LogP contribution in [0.2, 0.25) is 0 Å². The second-order valence-electron chi connectivity index (χ2n) is 4.66. The summed E-state index contributed by atoms with van der Waals surface area (Å²) in [5, 5.41) is 8.33. The molecule has 0 aliphatic rings. The number of aromatic nitrogens is 3. The standard InChI is InChI=1S/C11H15N3/c1-8-5-6-10-9(7-8)12-13-14(10)11(2,3)4/h5-7H,1-4H3. The molecule has 0 aliphatic heterocycles. The van der Waals surface area contributed by atoms with Gasteiger partial charge in [0.25, 0.3) is 0 Å². The number of nitrogens with zero attached hydrogens (tertiary/aromatic N) is 3. The average Bonchev–Trinajstić information content (AvgIpc) is 2.45. The summed E-state index contributed by atoms with van der Waals surface area (Å²) in [5.41, 5.74) is 3.28. The molecule has 2 aromatic rings. The molecule has 0 amide bonds. The highest BCUT2D eigenvalue weighted by Crippen LogP contribution is 2.20. The summed E-state index contributed by atoms with van der Waals surface area (Å²) in [6.07, 6.45) is 0. The average molecular weight is 189 g/mol. The maximum absolute atomic E-state index is 4.17. The van der Waals surface area contributed by atoms with Crippen molar-refractivity contribution in [3.8, 4) is 0 Å². The first-order chi connectivity index (χ1) is 6.48. The van der Waals surface area contributed by atoms with Crippen molar-refractivity contribution in [1.29, 1.82) is 0 Å². The molecule has 2 rings (SSSR count). The predicted molar refractivity (Wildman–Crippen MR) is 57.3 cm³/mol. The minimum Gasteiger partial charge on any atom is -0.239 e. The maximum Gasteiger partial charge on any atom is 0.113 e. The van der Waals surface area contributed by atoms with Gasteiger partial charge in [0, 0.05) is 0 Å². The van der Waals surface area contributed by atoms with Gasteiger partial charge >= 0.3 is 0 Å². The molecule has 0 fully saturated rings. The predicted octanol–water partition coefficient (Wildman–Crippen LogP) is 2.49. The van der Waals surface area contributed by atoms with Crippen LogP contribution in [0, 0.1) is 6.92 Å². The Bertz CT molecular complexity index is 463. The van der Waals surface area contributed by atoms with Gasteiger partial charge in [0.1, 0.15) is 5.52 Å². The fraction of sp³-hybridized carbons (Fsp3) is 0.455. The zero-order valence-electron chi connectivity index (χ0n) is 9.07. The van der Waals surface area contributed by atoms with Crippen LogP contribution in [0.3, 0.4) is 0 Å². The molecule has 0 saturated carbocycles. The third kappa shape index (κ3) is 1.39. The molecule has 1 heterocycles. The van der Waals surface area contributed by atoms with Crippen LogP contribution in [0.1, 0.15) is 26.3 Å². The molecule has 0 N–H and O–H groups in total. The molecule has 0 unspecified atom stereocenters. The molecule has 3 heteroatoms. The monoisotopic (exact) mass is 189 g/mol. The van der Waals surface area contributed by atoms with Gasteiger partial charge in [-0.1, -0.05) is 11.3 Å². The molecule has 0 spiro atoms. The van der Waals surface area contributed by atoms with Gasteiger partial charge in [0.2, 0.25) is 0 Å². The van der Waals surface area contributed by atoms with E-state index in [1.165, 1.54) is 5.56 Å². The Morgan fingerprint density at radius 2 is 1.93 bits per heavy atom. The van der Waals surface area contributed by atoms with Crippen LogP contribution >= 0.6 is 0 Å². The van der Waals surface area contributed by atoms with Gasteiger partial charge in [0.15, 0.2) is 0 Å². The van der Waals surface area contributed by atoms with E-state index in [9.17, 15) is 0 Å². The molecular formula is C11H15N3. The topological polar surface area (TPSA) is 30.7 Å². The van der Waals surface area contributed by atoms with Crippen molar-refractivity contribution in [3.05, 3.63) is 23.8 Å². The summed E-state index contributed by atoms with van der Waals surface area (Å²) in [7, 11) is 0. The molecule has 0 bridgehead atoms. The summed E-state index contributed by atoms with van der Waals surface area (Å²) in [6.45, 7) is 8.44. The molecular weight excluding hydrogens is 174 g/mol. The number of aryl methyl sites for hydroxylation is 1. The van der Waals surface area contributed by atoms with Gasteiger partial charge in [-0.05, 0) is 45.4 Å². The summed E-state index contributed by atoms with van der Waals surface area (Å²) >= 11 is 0. The lowest BCUT2D eigenvalue weighted by atomic mass is 10.1. The number of hydrogen-bond donors (Lipinski definition) is 0. The highest BCUT2D eigenvalue weighted by atomic mass is 15.4. The Kier molecular flexibility index (Phi) is 1.84. The van der Waals surface area contributed by atoms with Crippen molar-refractivity contribution >= 4 is 11.0 Å². The third-order valence-corrected chi connectivity index (χ3v) is 2.24.